The highest BCUT2D eigenvalue weighted by molar-refractivity contribution is 5.74. The monoisotopic (exact) mass is 340 g/mol. The lowest BCUT2D eigenvalue weighted by Gasteiger charge is -2.34. The van der Waals surface area contributed by atoms with E-state index in [9.17, 15) is 4.79 Å². The Morgan fingerprint density at radius 1 is 1.36 bits per heavy atom. The number of urea groups is 1. The van der Waals surface area contributed by atoms with Crippen LogP contribution < -0.4 is 10.2 Å². The van der Waals surface area contributed by atoms with Crippen molar-refractivity contribution in [3.05, 3.63) is 47.9 Å². The SMILES string of the molecule is Cc1ccc(N2CCCC(NC(=O)N(C)Cc3cccnc3)C2)nn1. The summed E-state index contributed by atoms with van der Waals surface area (Å²) in [5.74, 6) is 0.869. The molecule has 0 bridgehead atoms. The second kappa shape index (κ2) is 7.92. The van der Waals surface area contributed by atoms with Crippen LogP contribution in [0.15, 0.2) is 36.7 Å². The second-order valence-electron chi connectivity index (χ2n) is 6.48. The van der Waals surface area contributed by atoms with Gasteiger partial charge in [0.25, 0.3) is 0 Å². The number of pyridine rings is 1. The highest BCUT2D eigenvalue weighted by atomic mass is 16.2. The number of carbonyl (C=O) groups is 1. The third-order valence-electron chi connectivity index (χ3n) is 4.35. The number of nitrogens with one attached hydrogen (secondary N) is 1. The lowest BCUT2D eigenvalue weighted by molar-refractivity contribution is 0.200. The molecular weight excluding hydrogens is 316 g/mol. The standard InChI is InChI=1S/C18H24N6O/c1-14-7-8-17(22-21-14)24-10-4-6-16(13-24)20-18(25)23(2)12-15-5-3-9-19-11-15/h3,5,7-9,11,16H,4,6,10,12-13H2,1-2H3,(H,20,25). The summed E-state index contributed by atoms with van der Waals surface area (Å²) < 4.78 is 0. The Labute approximate surface area is 148 Å². The van der Waals surface area contributed by atoms with Crippen molar-refractivity contribution >= 4 is 11.8 Å². The maximum Gasteiger partial charge on any atom is 0.317 e. The number of aromatic nitrogens is 3. The van der Waals surface area contributed by atoms with Crippen LogP contribution in [0.1, 0.15) is 24.1 Å². The van der Waals surface area contributed by atoms with Gasteiger partial charge in [0, 0.05) is 45.1 Å². The van der Waals surface area contributed by atoms with Crippen LogP contribution in [0.4, 0.5) is 10.6 Å². The minimum Gasteiger partial charge on any atom is -0.353 e. The van der Waals surface area contributed by atoms with Gasteiger partial charge >= 0.3 is 6.03 Å². The quantitative estimate of drug-likeness (QED) is 0.921. The predicted molar refractivity (Wildman–Crippen MR) is 96.2 cm³/mol. The van der Waals surface area contributed by atoms with Crippen molar-refractivity contribution in [2.24, 2.45) is 0 Å². The summed E-state index contributed by atoms with van der Waals surface area (Å²) in [7, 11) is 1.80. The molecule has 2 aromatic heterocycles. The number of amides is 2. The molecule has 1 aliphatic rings. The average Bonchev–Trinajstić information content (AvgIpc) is 2.63. The van der Waals surface area contributed by atoms with Crippen LogP contribution >= 0.6 is 0 Å². The molecule has 1 atom stereocenters. The van der Waals surface area contributed by atoms with Crippen molar-refractivity contribution in [2.45, 2.75) is 32.4 Å². The van der Waals surface area contributed by atoms with Crippen molar-refractivity contribution in [3.63, 3.8) is 0 Å². The van der Waals surface area contributed by atoms with E-state index in [0.29, 0.717) is 6.54 Å². The van der Waals surface area contributed by atoms with Crippen LogP contribution in [0, 0.1) is 6.92 Å². The topological polar surface area (TPSA) is 74.2 Å². The zero-order chi connectivity index (χ0) is 17.6. The molecule has 0 saturated carbocycles. The zero-order valence-corrected chi connectivity index (χ0v) is 14.7. The Morgan fingerprint density at radius 2 is 2.24 bits per heavy atom. The molecule has 3 heterocycles. The van der Waals surface area contributed by atoms with Gasteiger partial charge in [-0.15, -0.1) is 5.10 Å². The summed E-state index contributed by atoms with van der Waals surface area (Å²) in [4.78, 5) is 20.4. The number of hydrogen-bond acceptors (Lipinski definition) is 5. The first-order valence-electron chi connectivity index (χ1n) is 8.57. The van der Waals surface area contributed by atoms with Gasteiger partial charge in [0.1, 0.15) is 0 Å². The first-order valence-corrected chi connectivity index (χ1v) is 8.57. The summed E-state index contributed by atoms with van der Waals surface area (Å²) in [6.07, 6.45) is 5.51. The summed E-state index contributed by atoms with van der Waals surface area (Å²) in [6, 6.07) is 7.84. The Balaban J connectivity index is 1.54. The molecule has 0 spiro atoms. The molecular formula is C18H24N6O. The summed E-state index contributed by atoms with van der Waals surface area (Å²) in [5.41, 5.74) is 1.92. The van der Waals surface area contributed by atoms with Crippen LogP contribution in [-0.2, 0) is 6.54 Å². The van der Waals surface area contributed by atoms with Gasteiger partial charge in [-0.2, -0.15) is 5.10 Å². The average molecular weight is 340 g/mol. The summed E-state index contributed by atoms with van der Waals surface area (Å²) >= 11 is 0. The van der Waals surface area contributed by atoms with Gasteiger partial charge in [0.2, 0.25) is 0 Å². The highest BCUT2D eigenvalue weighted by Gasteiger charge is 2.23. The Bertz CT molecular complexity index is 690. The fourth-order valence-electron chi connectivity index (χ4n) is 2.99. The molecule has 0 radical (unpaired) electrons. The van der Waals surface area contributed by atoms with Crippen LogP contribution in [0.3, 0.4) is 0 Å². The van der Waals surface area contributed by atoms with Crippen LogP contribution in [0.5, 0.6) is 0 Å². The molecule has 132 valence electrons. The number of rotatable bonds is 4. The van der Waals surface area contributed by atoms with Gasteiger partial charge in [-0.05, 0) is 43.5 Å². The van der Waals surface area contributed by atoms with Gasteiger partial charge in [0.05, 0.1) is 5.69 Å². The third-order valence-corrected chi connectivity index (χ3v) is 4.35. The molecule has 1 fully saturated rings. The van der Waals surface area contributed by atoms with Crippen molar-refractivity contribution in [2.75, 3.05) is 25.0 Å². The third kappa shape index (κ3) is 4.65. The molecule has 0 aromatic carbocycles. The minimum absolute atomic E-state index is 0.0642. The predicted octanol–water partition coefficient (Wildman–Crippen LogP) is 1.99. The van der Waals surface area contributed by atoms with E-state index in [-0.39, 0.29) is 12.1 Å². The molecule has 25 heavy (non-hydrogen) atoms. The molecule has 0 aliphatic carbocycles. The van der Waals surface area contributed by atoms with Gasteiger partial charge in [0.15, 0.2) is 5.82 Å². The van der Waals surface area contributed by atoms with Crippen molar-refractivity contribution < 1.29 is 4.79 Å². The number of anilines is 1. The molecule has 7 nitrogen and oxygen atoms in total. The maximum absolute atomic E-state index is 12.5. The van der Waals surface area contributed by atoms with E-state index < -0.39 is 0 Å². The molecule has 1 aliphatic heterocycles. The number of carbonyl (C=O) groups excluding carboxylic acids is 1. The van der Waals surface area contributed by atoms with E-state index in [2.05, 4.69) is 25.4 Å². The van der Waals surface area contributed by atoms with Crippen molar-refractivity contribution in [1.82, 2.24) is 25.4 Å². The summed E-state index contributed by atoms with van der Waals surface area (Å²) in [5, 5.41) is 11.5. The molecule has 1 N–H and O–H groups in total. The van der Waals surface area contributed by atoms with E-state index >= 15 is 0 Å². The van der Waals surface area contributed by atoms with E-state index in [0.717, 1.165) is 43.0 Å². The van der Waals surface area contributed by atoms with Crippen LogP contribution in [0.2, 0.25) is 0 Å². The van der Waals surface area contributed by atoms with E-state index in [4.69, 9.17) is 0 Å². The number of piperidine rings is 1. The van der Waals surface area contributed by atoms with Crippen molar-refractivity contribution in [1.29, 1.82) is 0 Å². The number of hydrogen-bond donors (Lipinski definition) is 1. The number of nitrogens with zero attached hydrogens (tertiary/aromatic N) is 5. The van der Waals surface area contributed by atoms with Crippen molar-refractivity contribution in [3.8, 4) is 0 Å². The van der Waals surface area contributed by atoms with E-state index in [1.165, 1.54) is 0 Å². The largest absolute Gasteiger partial charge is 0.353 e. The van der Waals surface area contributed by atoms with E-state index in [1.54, 1.807) is 24.3 Å². The summed E-state index contributed by atoms with van der Waals surface area (Å²) in [6.45, 7) is 4.16. The second-order valence-corrected chi connectivity index (χ2v) is 6.48. The first-order chi connectivity index (χ1) is 12.1. The Kier molecular flexibility index (Phi) is 5.42. The number of aryl methyl sites for hydroxylation is 1. The zero-order valence-electron chi connectivity index (χ0n) is 14.7. The van der Waals surface area contributed by atoms with Gasteiger partial charge in [-0.1, -0.05) is 6.07 Å². The van der Waals surface area contributed by atoms with E-state index in [1.807, 2.05) is 31.2 Å². The lowest BCUT2D eigenvalue weighted by atomic mass is 10.1. The molecule has 7 heteroatoms. The first kappa shape index (κ1) is 17.1. The molecule has 2 amide bonds. The van der Waals surface area contributed by atoms with Crippen LogP contribution in [0.25, 0.3) is 0 Å². The molecule has 2 aromatic rings. The molecule has 1 unspecified atom stereocenters. The lowest BCUT2D eigenvalue weighted by Crippen LogP contribution is -2.51. The highest BCUT2D eigenvalue weighted by Crippen LogP contribution is 2.17. The maximum atomic E-state index is 12.5. The smallest absolute Gasteiger partial charge is 0.317 e. The Morgan fingerprint density at radius 3 is 2.96 bits per heavy atom. The van der Waals surface area contributed by atoms with Gasteiger partial charge < -0.3 is 15.1 Å². The minimum atomic E-state index is -0.0642. The molecule has 1 saturated heterocycles. The fraction of sp³-hybridized carbons (Fsp3) is 0.444. The van der Waals surface area contributed by atoms with Gasteiger partial charge in [-0.3, -0.25) is 4.98 Å². The fourth-order valence-corrected chi connectivity index (χ4v) is 2.99. The molecule has 3 rings (SSSR count). The Hall–Kier alpha value is -2.70. The normalized spacial score (nSPS) is 17.2. The van der Waals surface area contributed by atoms with Gasteiger partial charge in [-0.25, -0.2) is 4.79 Å². The van der Waals surface area contributed by atoms with Crippen LogP contribution in [-0.4, -0.2) is 52.3 Å².